The Morgan fingerprint density at radius 3 is 2.50 bits per heavy atom. The summed E-state index contributed by atoms with van der Waals surface area (Å²) >= 11 is 0.876. The highest BCUT2D eigenvalue weighted by atomic mass is 32.2. The van der Waals surface area contributed by atoms with Crippen LogP contribution in [-0.4, -0.2) is 22.2 Å². The molecule has 1 unspecified atom stereocenters. The van der Waals surface area contributed by atoms with E-state index in [-0.39, 0.29) is 23.4 Å². The molecule has 1 saturated heterocycles. The van der Waals surface area contributed by atoms with Gasteiger partial charge in [0.2, 0.25) is 5.91 Å². The Morgan fingerprint density at radius 2 is 1.94 bits per heavy atom. The van der Waals surface area contributed by atoms with Crippen molar-refractivity contribution in [3.05, 3.63) is 35.9 Å². The number of thioether (sulfide) groups is 1. The summed E-state index contributed by atoms with van der Waals surface area (Å²) in [6, 6.07) is 8.74. The zero-order chi connectivity index (χ0) is 11.5. The van der Waals surface area contributed by atoms with Gasteiger partial charge < -0.3 is 0 Å². The van der Waals surface area contributed by atoms with E-state index in [1.807, 2.05) is 6.07 Å². The molecule has 1 heterocycles. The van der Waals surface area contributed by atoms with Gasteiger partial charge in [-0.1, -0.05) is 42.1 Å². The van der Waals surface area contributed by atoms with Crippen molar-refractivity contribution in [1.82, 2.24) is 5.32 Å². The quantitative estimate of drug-likeness (QED) is 0.808. The number of benzene rings is 1. The Kier molecular flexibility index (Phi) is 3.05. The van der Waals surface area contributed by atoms with Crippen molar-refractivity contribution in [2.75, 3.05) is 0 Å². The topological polar surface area (TPSA) is 63.2 Å². The second-order valence-corrected chi connectivity index (χ2v) is 4.55. The van der Waals surface area contributed by atoms with Crippen molar-refractivity contribution in [2.45, 2.75) is 11.7 Å². The molecule has 0 bridgehead atoms. The summed E-state index contributed by atoms with van der Waals surface area (Å²) in [7, 11) is 0. The number of rotatable bonds is 3. The fourth-order valence-corrected chi connectivity index (χ4v) is 2.26. The van der Waals surface area contributed by atoms with E-state index >= 15 is 0 Å². The highest BCUT2D eigenvalue weighted by Crippen LogP contribution is 2.23. The summed E-state index contributed by atoms with van der Waals surface area (Å²) in [6.45, 7) is 0. The van der Waals surface area contributed by atoms with E-state index in [0.29, 0.717) is 5.56 Å². The molecule has 1 N–H and O–H groups in total. The molecule has 1 aromatic rings. The number of nitrogens with one attached hydrogen (secondary N) is 1. The first-order valence-corrected chi connectivity index (χ1v) is 5.64. The third kappa shape index (κ3) is 2.30. The molecule has 0 aromatic heterocycles. The van der Waals surface area contributed by atoms with E-state index in [9.17, 15) is 14.4 Å². The van der Waals surface area contributed by atoms with E-state index in [1.165, 1.54) is 0 Å². The van der Waals surface area contributed by atoms with Crippen molar-refractivity contribution in [1.29, 1.82) is 0 Å². The lowest BCUT2D eigenvalue weighted by molar-refractivity contribution is -0.118. The lowest BCUT2D eigenvalue weighted by Gasteiger charge is -2.03. The lowest BCUT2D eigenvalue weighted by atomic mass is 10.1. The zero-order valence-electron chi connectivity index (χ0n) is 8.30. The van der Waals surface area contributed by atoms with Gasteiger partial charge in [-0.2, -0.15) is 0 Å². The number of carbonyl (C=O) groups is 3. The van der Waals surface area contributed by atoms with Gasteiger partial charge in [-0.15, -0.1) is 0 Å². The molecular weight excluding hydrogens is 226 g/mol. The van der Waals surface area contributed by atoms with Crippen LogP contribution >= 0.6 is 11.8 Å². The van der Waals surface area contributed by atoms with Gasteiger partial charge in [-0.25, -0.2) is 0 Å². The molecule has 2 rings (SSSR count). The van der Waals surface area contributed by atoms with Crippen LogP contribution in [0, 0.1) is 0 Å². The number of ketones is 1. The Morgan fingerprint density at radius 1 is 1.25 bits per heavy atom. The van der Waals surface area contributed by atoms with Gasteiger partial charge in [0.15, 0.2) is 5.78 Å². The number of hydrogen-bond acceptors (Lipinski definition) is 4. The normalized spacial score (nSPS) is 19.6. The van der Waals surface area contributed by atoms with Crippen LogP contribution in [0.15, 0.2) is 30.3 Å². The van der Waals surface area contributed by atoms with E-state index in [1.54, 1.807) is 24.3 Å². The van der Waals surface area contributed by atoms with Crippen LogP contribution in [0.25, 0.3) is 0 Å². The molecule has 82 valence electrons. The smallest absolute Gasteiger partial charge is 0.286 e. The maximum absolute atomic E-state index is 11.7. The highest BCUT2D eigenvalue weighted by Gasteiger charge is 2.33. The van der Waals surface area contributed by atoms with Crippen LogP contribution in [0.5, 0.6) is 0 Å². The van der Waals surface area contributed by atoms with Gasteiger partial charge in [0, 0.05) is 12.0 Å². The maximum Gasteiger partial charge on any atom is 0.286 e. The van der Waals surface area contributed by atoms with E-state index in [4.69, 9.17) is 0 Å². The zero-order valence-corrected chi connectivity index (χ0v) is 9.12. The molecular formula is C11H9NO3S. The fourth-order valence-electron chi connectivity index (χ4n) is 1.44. The summed E-state index contributed by atoms with van der Waals surface area (Å²) in [5, 5.41) is 1.19. The van der Waals surface area contributed by atoms with Crippen LogP contribution in [0.4, 0.5) is 4.79 Å². The summed E-state index contributed by atoms with van der Waals surface area (Å²) in [4.78, 5) is 33.9. The van der Waals surface area contributed by atoms with Crippen LogP contribution < -0.4 is 5.32 Å². The average Bonchev–Trinajstić information content (AvgIpc) is 2.59. The molecule has 0 radical (unpaired) electrons. The molecule has 0 spiro atoms. The van der Waals surface area contributed by atoms with Gasteiger partial charge in [0.25, 0.3) is 5.24 Å². The highest BCUT2D eigenvalue weighted by molar-refractivity contribution is 8.15. The van der Waals surface area contributed by atoms with Crippen LogP contribution in [0.1, 0.15) is 16.8 Å². The third-order valence-corrected chi connectivity index (χ3v) is 3.21. The first kappa shape index (κ1) is 10.9. The number of imide groups is 1. The second kappa shape index (κ2) is 4.49. The van der Waals surface area contributed by atoms with E-state index < -0.39 is 5.25 Å². The largest absolute Gasteiger partial charge is 0.294 e. The fraction of sp³-hybridized carbons (Fsp3) is 0.182. The molecule has 1 aliphatic heterocycles. The minimum atomic E-state index is -0.583. The van der Waals surface area contributed by atoms with E-state index in [2.05, 4.69) is 5.32 Å². The molecule has 4 nitrogen and oxygen atoms in total. The summed E-state index contributed by atoms with van der Waals surface area (Å²) in [6.07, 6.45) is 0.0618. The van der Waals surface area contributed by atoms with Gasteiger partial charge in [0.1, 0.15) is 5.25 Å². The minimum absolute atomic E-state index is 0.0618. The predicted molar refractivity (Wildman–Crippen MR) is 60.3 cm³/mol. The Balaban J connectivity index is 2.03. The Bertz CT molecular complexity index is 444. The van der Waals surface area contributed by atoms with Crippen LogP contribution in [0.3, 0.4) is 0 Å². The third-order valence-electron chi connectivity index (χ3n) is 2.23. The molecule has 1 fully saturated rings. The van der Waals surface area contributed by atoms with Crippen molar-refractivity contribution in [3.63, 3.8) is 0 Å². The monoisotopic (exact) mass is 235 g/mol. The van der Waals surface area contributed by atoms with Crippen molar-refractivity contribution in [3.8, 4) is 0 Å². The number of Topliss-reactive ketones (excluding diaryl/α,β-unsaturated/α-hetero) is 1. The molecule has 0 aliphatic carbocycles. The number of carbonyl (C=O) groups excluding carboxylic acids is 3. The van der Waals surface area contributed by atoms with Crippen LogP contribution in [0.2, 0.25) is 0 Å². The first-order chi connectivity index (χ1) is 7.66. The summed E-state index contributed by atoms with van der Waals surface area (Å²) < 4.78 is 0. The SMILES string of the molecule is O=C1NC(=O)C(CC(=O)c2ccccc2)S1. The minimum Gasteiger partial charge on any atom is -0.294 e. The first-order valence-electron chi connectivity index (χ1n) is 4.76. The van der Waals surface area contributed by atoms with Gasteiger partial charge >= 0.3 is 0 Å². The predicted octanol–water partition coefficient (Wildman–Crippen LogP) is 1.61. The van der Waals surface area contributed by atoms with Crippen LogP contribution in [-0.2, 0) is 4.79 Å². The molecule has 2 amide bonds. The molecule has 1 atom stereocenters. The Hall–Kier alpha value is -1.62. The Labute approximate surface area is 96.4 Å². The van der Waals surface area contributed by atoms with Gasteiger partial charge in [-0.05, 0) is 0 Å². The standard InChI is InChI=1S/C11H9NO3S/c13-8(7-4-2-1-3-5-7)6-9-10(14)12-11(15)16-9/h1-5,9H,6H2,(H,12,14,15). The molecule has 1 aliphatic rings. The number of hydrogen-bond donors (Lipinski definition) is 1. The lowest BCUT2D eigenvalue weighted by Crippen LogP contribution is -2.25. The molecule has 5 heteroatoms. The summed E-state index contributed by atoms with van der Waals surface area (Å²) in [5.41, 5.74) is 0.565. The van der Waals surface area contributed by atoms with Crippen molar-refractivity contribution in [2.24, 2.45) is 0 Å². The van der Waals surface area contributed by atoms with E-state index in [0.717, 1.165) is 11.8 Å². The summed E-state index contributed by atoms with van der Waals surface area (Å²) in [5.74, 6) is -0.498. The van der Waals surface area contributed by atoms with Gasteiger partial charge in [0.05, 0.1) is 0 Å². The van der Waals surface area contributed by atoms with Crippen molar-refractivity contribution < 1.29 is 14.4 Å². The second-order valence-electron chi connectivity index (χ2n) is 3.38. The number of amides is 2. The van der Waals surface area contributed by atoms with Crippen molar-refractivity contribution >= 4 is 28.7 Å². The molecule has 0 saturated carbocycles. The molecule has 1 aromatic carbocycles. The molecule has 16 heavy (non-hydrogen) atoms. The van der Waals surface area contributed by atoms with Gasteiger partial charge in [-0.3, -0.25) is 19.7 Å². The average molecular weight is 235 g/mol. The maximum atomic E-state index is 11.7.